The van der Waals surface area contributed by atoms with Crippen molar-refractivity contribution >= 4 is 15.9 Å². The second-order valence-electron chi connectivity index (χ2n) is 2.89. The van der Waals surface area contributed by atoms with Gasteiger partial charge < -0.3 is 10.4 Å². The van der Waals surface area contributed by atoms with Crippen LogP contribution in [0.2, 0.25) is 0 Å². The van der Waals surface area contributed by atoms with Gasteiger partial charge >= 0.3 is 0 Å². The number of benzene rings is 1. The Balaban J connectivity index is 2.28. The van der Waals surface area contributed by atoms with E-state index in [0.717, 1.165) is 30.4 Å². The molecule has 0 heterocycles. The summed E-state index contributed by atoms with van der Waals surface area (Å²) in [6, 6.07) is 7.32. The maximum atomic E-state index is 9.18. The summed E-state index contributed by atoms with van der Waals surface area (Å²) in [6.07, 6.45) is 1.12. The van der Waals surface area contributed by atoms with Crippen molar-refractivity contribution in [1.29, 1.82) is 0 Å². The zero-order chi connectivity index (χ0) is 9.52. The van der Waals surface area contributed by atoms with Crippen LogP contribution >= 0.6 is 15.9 Å². The fraction of sp³-hybridized carbons (Fsp3) is 0.400. The van der Waals surface area contributed by atoms with Crippen molar-refractivity contribution in [1.82, 2.24) is 5.32 Å². The minimum absolute atomic E-state index is 0.333. The van der Waals surface area contributed by atoms with E-state index in [1.807, 2.05) is 12.1 Å². The van der Waals surface area contributed by atoms with Crippen molar-refractivity contribution in [2.45, 2.75) is 13.0 Å². The van der Waals surface area contributed by atoms with Crippen molar-refractivity contribution in [2.75, 3.05) is 11.9 Å². The zero-order valence-electron chi connectivity index (χ0n) is 7.46. The van der Waals surface area contributed by atoms with E-state index in [2.05, 4.69) is 21.2 Å². The average Bonchev–Trinajstić information content (AvgIpc) is 2.13. The molecular weight excluding hydrogens is 230 g/mol. The summed E-state index contributed by atoms with van der Waals surface area (Å²) in [5.41, 5.74) is 1.12. The molecule has 0 aliphatic heterocycles. The lowest BCUT2D eigenvalue weighted by Crippen LogP contribution is -2.14. The van der Waals surface area contributed by atoms with Crippen LogP contribution in [0.25, 0.3) is 0 Å². The topological polar surface area (TPSA) is 32.3 Å². The summed E-state index contributed by atoms with van der Waals surface area (Å²) in [6.45, 7) is 1.82. The normalized spacial score (nSPS) is 10.2. The molecule has 1 rings (SSSR count). The quantitative estimate of drug-likeness (QED) is 0.615. The molecule has 1 aromatic rings. The third-order valence-corrected chi connectivity index (χ3v) is 2.29. The van der Waals surface area contributed by atoms with Crippen LogP contribution in [0.4, 0.5) is 0 Å². The first kappa shape index (κ1) is 10.5. The fourth-order valence-corrected chi connectivity index (χ4v) is 1.37. The molecule has 0 aliphatic rings. The Bertz CT molecular complexity index is 252. The lowest BCUT2D eigenvalue weighted by Gasteiger charge is -2.03. The molecule has 0 unspecified atom stereocenters. The lowest BCUT2D eigenvalue weighted by atomic mass is 10.2. The van der Waals surface area contributed by atoms with Crippen LogP contribution in [0.15, 0.2) is 24.3 Å². The van der Waals surface area contributed by atoms with Gasteiger partial charge in [-0.25, -0.2) is 0 Å². The highest BCUT2D eigenvalue weighted by Gasteiger charge is 1.93. The molecular formula is C10H14BrNO. The van der Waals surface area contributed by atoms with Gasteiger partial charge in [-0.1, -0.05) is 28.1 Å². The van der Waals surface area contributed by atoms with Gasteiger partial charge in [-0.3, -0.25) is 0 Å². The van der Waals surface area contributed by atoms with Gasteiger partial charge in [0.1, 0.15) is 5.75 Å². The largest absolute Gasteiger partial charge is 0.508 e. The number of aromatic hydroxyl groups is 1. The van der Waals surface area contributed by atoms with Crippen LogP contribution in [0.5, 0.6) is 5.75 Å². The van der Waals surface area contributed by atoms with Crippen LogP contribution in [-0.4, -0.2) is 17.0 Å². The van der Waals surface area contributed by atoms with Crippen molar-refractivity contribution in [3.05, 3.63) is 29.8 Å². The van der Waals surface area contributed by atoms with Gasteiger partial charge in [-0.15, -0.1) is 0 Å². The van der Waals surface area contributed by atoms with Gasteiger partial charge in [0.25, 0.3) is 0 Å². The van der Waals surface area contributed by atoms with Crippen LogP contribution in [0.1, 0.15) is 12.0 Å². The fourth-order valence-electron chi connectivity index (χ4n) is 1.09. The number of halogens is 1. The maximum absolute atomic E-state index is 9.18. The molecule has 0 radical (unpaired) electrons. The van der Waals surface area contributed by atoms with Crippen LogP contribution in [0, 0.1) is 0 Å². The van der Waals surface area contributed by atoms with E-state index in [1.54, 1.807) is 12.1 Å². The Morgan fingerprint density at radius 3 is 2.92 bits per heavy atom. The minimum atomic E-state index is 0.333. The van der Waals surface area contributed by atoms with Crippen molar-refractivity contribution in [3.8, 4) is 5.75 Å². The third kappa shape index (κ3) is 4.29. The molecule has 0 aliphatic carbocycles. The Hall–Kier alpha value is -0.540. The van der Waals surface area contributed by atoms with Crippen LogP contribution in [0.3, 0.4) is 0 Å². The molecule has 0 spiro atoms. The number of hydrogen-bond acceptors (Lipinski definition) is 2. The van der Waals surface area contributed by atoms with Gasteiger partial charge in [-0.05, 0) is 30.7 Å². The number of phenols is 1. The second-order valence-corrected chi connectivity index (χ2v) is 3.68. The smallest absolute Gasteiger partial charge is 0.115 e. The Labute approximate surface area is 87.1 Å². The summed E-state index contributed by atoms with van der Waals surface area (Å²) in [4.78, 5) is 0. The molecule has 0 atom stereocenters. The van der Waals surface area contributed by atoms with Crippen molar-refractivity contribution in [2.24, 2.45) is 0 Å². The van der Waals surface area contributed by atoms with E-state index in [9.17, 15) is 5.11 Å². The molecule has 0 saturated carbocycles. The van der Waals surface area contributed by atoms with Gasteiger partial charge in [0, 0.05) is 11.9 Å². The molecule has 2 nitrogen and oxygen atoms in total. The molecule has 0 bridgehead atoms. The van der Waals surface area contributed by atoms with E-state index in [-0.39, 0.29) is 0 Å². The first-order valence-corrected chi connectivity index (χ1v) is 5.49. The summed E-state index contributed by atoms with van der Waals surface area (Å²) >= 11 is 3.37. The van der Waals surface area contributed by atoms with Gasteiger partial charge in [0.15, 0.2) is 0 Å². The van der Waals surface area contributed by atoms with E-state index in [4.69, 9.17) is 0 Å². The molecule has 72 valence electrons. The molecule has 2 N–H and O–H groups in total. The highest BCUT2D eigenvalue weighted by atomic mass is 79.9. The minimum Gasteiger partial charge on any atom is -0.508 e. The lowest BCUT2D eigenvalue weighted by molar-refractivity contribution is 0.474. The number of hydrogen-bond donors (Lipinski definition) is 2. The maximum Gasteiger partial charge on any atom is 0.115 e. The monoisotopic (exact) mass is 243 g/mol. The molecule has 0 aromatic heterocycles. The van der Waals surface area contributed by atoms with Crippen LogP contribution < -0.4 is 5.32 Å². The van der Waals surface area contributed by atoms with E-state index in [0.29, 0.717) is 5.75 Å². The summed E-state index contributed by atoms with van der Waals surface area (Å²) < 4.78 is 0. The van der Waals surface area contributed by atoms with E-state index >= 15 is 0 Å². The highest BCUT2D eigenvalue weighted by molar-refractivity contribution is 9.09. The Morgan fingerprint density at radius 1 is 1.38 bits per heavy atom. The molecule has 0 fully saturated rings. The standard InChI is InChI=1S/C10H14BrNO/c11-5-2-6-12-8-9-3-1-4-10(13)7-9/h1,3-4,7,12-13H,2,5-6,8H2. The third-order valence-electron chi connectivity index (χ3n) is 1.73. The van der Waals surface area contributed by atoms with E-state index in [1.165, 1.54) is 0 Å². The summed E-state index contributed by atoms with van der Waals surface area (Å²) in [7, 11) is 0. The molecule has 3 heteroatoms. The second kappa shape index (κ2) is 6.00. The van der Waals surface area contributed by atoms with Crippen molar-refractivity contribution < 1.29 is 5.11 Å². The number of rotatable bonds is 5. The number of phenolic OH excluding ortho intramolecular Hbond substituents is 1. The first-order valence-electron chi connectivity index (χ1n) is 4.37. The van der Waals surface area contributed by atoms with Crippen LogP contribution in [-0.2, 0) is 6.54 Å². The predicted molar refractivity (Wildman–Crippen MR) is 58.2 cm³/mol. The molecule has 13 heavy (non-hydrogen) atoms. The molecule has 0 saturated heterocycles. The number of alkyl halides is 1. The molecule has 0 amide bonds. The van der Waals surface area contributed by atoms with Gasteiger partial charge in [0.05, 0.1) is 0 Å². The summed E-state index contributed by atoms with van der Waals surface area (Å²) in [5, 5.41) is 13.5. The average molecular weight is 244 g/mol. The van der Waals surface area contributed by atoms with Gasteiger partial charge in [0.2, 0.25) is 0 Å². The van der Waals surface area contributed by atoms with Crippen molar-refractivity contribution in [3.63, 3.8) is 0 Å². The SMILES string of the molecule is Oc1cccc(CNCCCBr)c1. The van der Waals surface area contributed by atoms with Gasteiger partial charge in [-0.2, -0.15) is 0 Å². The Morgan fingerprint density at radius 2 is 2.23 bits per heavy atom. The summed E-state index contributed by atoms with van der Waals surface area (Å²) in [5.74, 6) is 0.333. The van der Waals surface area contributed by atoms with E-state index < -0.39 is 0 Å². The predicted octanol–water partition coefficient (Wildman–Crippen LogP) is 2.27. The zero-order valence-corrected chi connectivity index (χ0v) is 9.05. The number of nitrogens with one attached hydrogen (secondary N) is 1. The first-order chi connectivity index (χ1) is 6.33. The molecule has 1 aromatic carbocycles. The Kier molecular flexibility index (Phi) is 4.86. The highest BCUT2D eigenvalue weighted by Crippen LogP contribution is 2.10.